The van der Waals surface area contributed by atoms with Gasteiger partial charge in [0.25, 0.3) is 0 Å². The molecule has 0 aliphatic carbocycles. The van der Waals surface area contributed by atoms with E-state index in [9.17, 15) is 4.79 Å². The lowest BCUT2D eigenvalue weighted by Gasteiger charge is -2.04. The van der Waals surface area contributed by atoms with E-state index in [0.717, 1.165) is 22.1 Å². The normalized spacial score (nSPS) is 10.5. The number of urea groups is 1. The van der Waals surface area contributed by atoms with Crippen molar-refractivity contribution in [1.82, 2.24) is 5.32 Å². The van der Waals surface area contributed by atoms with E-state index in [1.165, 1.54) is 16.2 Å². The Balaban J connectivity index is 1.46. The Kier molecular flexibility index (Phi) is 4.37. The van der Waals surface area contributed by atoms with Crippen LogP contribution in [0.15, 0.2) is 52.5 Å². The minimum atomic E-state index is -0.166. The molecule has 3 rings (SSSR count). The van der Waals surface area contributed by atoms with Gasteiger partial charge in [-0.25, -0.2) is 4.79 Å². The standard InChI is InChI=1S/C15H14N2O2S2/c18-15(17-14-4-2-10-20-14)16-8-7-11-5-6-13(21-11)12-3-1-9-19-12/h1-6,9-10H,7-8H2,(H2,16,17,18). The van der Waals surface area contributed by atoms with Crippen molar-refractivity contribution in [3.8, 4) is 10.6 Å². The van der Waals surface area contributed by atoms with Crippen LogP contribution in [0.3, 0.4) is 0 Å². The first-order valence-electron chi connectivity index (χ1n) is 6.52. The molecule has 0 fully saturated rings. The van der Waals surface area contributed by atoms with E-state index in [1.807, 2.05) is 35.7 Å². The Bertz CT molecular complexity index is 687. The molecule has 0 aromatic carbocycles. The summed E-state index contributed by atoms with van der Waals surface area (Å²) in [5.74, 6) is 0.884. The Morgan fingerprint density at radius 2 is 2.14 bits per heavy atom. The maximum absolute atomic E-state index is 11.7. The van der Waals surface area contributed by atoms with Crippen molar-refractivity contribution < 1.29 is 9.21 Å². The van der Waals surface area contributed by atoms with Gasteiger partial charge in [-0.05, 0) is 48.2 Å². The van der Waals surface area contributed by atoms with E-state index < -0.39 is 0 Å². The Labute approximate surface area is 130 Å². The van der Waals surface area contributed by atoms with E-state index in [4.69, 9.17) is 4.42 Å². The van der Waals surface area contributed by atoms with Crippen LogP contribution < -0.4 is 10.6 Å². The molecule has 4 nitrogen and oxygen atoms in total. The van der Waals surface area contributed by atoms with Gasteiger partial charge in [0.2, 0.25) is 0 Å². The van der Waals surface area contributed by atoms with Gasteiger partial charge in [0, 0.05) is 11.4 Å². The van der Waals surface area contributed by atoms with Crippen molar-refractivity contribution in [3.63, 3.8) is 0 Å². The number of anilines is 1. The lowest BCUT2D eigenvalue weighted by atomic mass is 10.3. The molecule has 0 aliphatic rings. The van der Waals surface area contributed by atoms with Gasteiger partial charge in [-0.1, -0.05) is 0 Å². The second kappa shape index (κ2) is 6.60. The number of hydrogen-bond donors (Lipinski definition) is 2. The first-order chi connectivity index (χ1) is 10.3. The summed E-state index contributed by atoms with van der Waals surface area (Å²) in [4.78, 5) is 14.0. The molecular formula is C15H14N2O2S2. The van der Waals surface area contributed by atoms with Gasteiger partial charge in [0.1, 0.15) is 5.76 Å². The van der Waals surface area contributed by atoms with Crippen LogP contribution in [0.2, 0.25) is 0 Å². The van der Waals surface area contributed by atoms with Crippen LogP contribution in [0, 0.1) is 0 Å². The lowest BCUT2D eigenvalue weighted by molar-refractivity contribution is 0.252. The van der Waals surface area contributed by atoms with Gasteiger partial charge < -0.3 is 9.73 Å². The number of amides is 2. The summed E-state index contributed by atoms with van der Waals surface area (Å²) in [5, 5.41) is 8.42. The smallest absolute Gasteiger partial charge is 0.319 e. The summed E-state index contributed by atoms with van der Waals surface area (Å²) < 4.78 is 5.37. The van der Waals surface area contributed by atoms with Crippen LogP contribution in [-0.4, -0.2) is 12.6 Å². The third kappa shape index (κ3) is 3.74. The number of thiophene rings is 2. The minimum absolute atomic E-state index is 0.166. The molecule has 3 aromatic rings. The van der Waals surface area contributed by atoms with Crippen molar-refractivity contribution in [2.24, 2.45) is 0 Å². The van der Waals surface area contributed by atoms with E-state index in [-0.39, 0.29) is 6.03 Å². The molecule has 6 heteroatoms. The molecule has 3 aromatic heterocycles. The zero-order valence-electron chi connectivity index (χ0n) is 11.2. The summed E-state index contributed by atoms with van der Waals surface area (Å²) in [5.41, 5.74) is 0. The van der Waals surface area contributed by atoms with Gasteiger partial charge in [0.15, 0.2) is 0 Å². The molecule has 0 radical (unpaired) electrons. The molecule has 0 unspecified atom stereocenters. The highest BCUT2D eigenvalue weighted by molar-refractivity contribution is 7.15. The topological polar surface area (TPSA) is 54.3 Å². The number of rotatable bonds is 5. The highest BCUT2D eigenvalue weighted by Crippen LogP contribution is 2.28. The maximum atomic E-state index is 11.7. The van der Waals surface area contributed by atoms with Crippen molar-refractivity contribution >= 4 is 33.7 Å². The molecule has 3 heterocycles. The molecule has 2 N–H and O–H groups in total. The third-order valence-corrected chi connectivity index (χ3v) is 4.79. The second-order valence-corrected chi connectivity index (χ2v) is 6.47. The molecule has 0 bridgehead atoms. The SMILES string of the molecule is O=C(NCCc1ccc(-c2ccco2)s1)Nc1cccs1. The highest BCUT2D eigenvalue weighted by atomic mass is 32.1. The van der Waals surface area contributed by atoms with Crippen LogP contribution in [-0.2, 0) is 6.42 Å². The predicted molar refractivity (Wildman–Crippen MR) is 87.1 cm³/mol. The van der Waals surface area contributed by atoms with Gasteiger partial charge in [-0.2, -0.15) is 0 Å². The van der Waals surface area contributed by atoms with Gasteiger partial charge in [-0.15, -0.1) is 22.7 Å². The van der Waals surface area contributed by atoms with Crippen LogP contribution in [0.1, 0.15) is 4.88 Å². The number of hydrogen-bond acceptors (Lipinski definition) is 4. The predicted octanol–water partition coefficient (Wildman–Crippen LogP) is 4.43. The Morgan fingerprint density at radius 1 is 1.19 bits per heavy atom. The van der Waals surface area contributed by atoms with Crippen LogP contribution >= 0.6 is 22.7 Å². The lowest BCUT2D eigenvalue weighted by Crippen LogP contribution is -2.29. The Hall–Kier alpha value is -2.05. The second-order valence-electron chi connectivity index (χ2n) is 4.35. The quantitative estimate of drug-likeness (QED) is 0.731. The van der Waals surface area contributed by atoms with E-state index in [0.29, 0.717) is 6.54 Å². The average Bonchev–Trinajstić information content (AvgIpc) is 3.21. The first kappa shape index (κ1) is 13.9. The van der Waals surface area contributed by atoms with Crippen molar-refractivity contribution in [2.45, 2.75) is 6.42 Å². The number of furan rings is 1. The van der Waals surface area contributed by atoms with E-state index in [2.05, 4.69) is 16.7 Å². The Morgan fingerprint density at radius 3 is 2.90 bits per heavy atom. The van der Waals surface area contributed by atoms with Gasteiger partial charge in [0.05, 0.1) is 16.1 Å². The third-order valence-electron chi connectivity index (χ3n) is 2.84. The molecule has 21 heavy (non-hydrogen) atoms. The van der Waals surface area contributed by atoms with Crippen molar-refractivity contribution in [3.05, 3.63) is 52.9 Å². The monoisotopic (exact) mass is 318 g/mol. The summed E-state index contributed by atoms with van der Waals surface area (Å²) in [6.07, 6.45) is 2.48. The fourth-order valence-corrected chi connectivity index (χ4v) is 3.46. The van der Waals surface area contributed by atoms with Crippen LogP contribution in [0.4, 0.5) is 9.80 Å². The minimum Gasteiger partial charge on any atom is -0.464 e. The van der Waals surface area contributed by atoms with Crippen LogP contribution in [0.5, 0.6) is 0 Å². The molecule has 0 saturated heterocycles. The van der Waals surface area contributed by atoms with Crippen molar-refractivity contribution in [1.29, 1.82) is 0 Å². The zero-order chi connectivity index (χ0) is 14.5. The maximum Gasteiger partial charge on any atom is 0.319 e. The first-order valence-corrected chi connectivity index (χ1v) is 8.22. The van der Waals surface area contributed by atoms with Crippen LogP contribution in [0.25, 0.3) is 10.6 Å². The van der Waals surface area contributed by atoms with E-state index >= 15 is 0 Å². The fourth-order valence-electron chi connectivity index (χ4n) is 1.87. The van der Waals surface area contributed by atoms with E-state index in [1.54, 1.807) is 17.6 Å². The summed E-state index contributed by atoms with van der Waals surface area (Å²) >= 11 is 3.19. The number of carbonyl (C=O) groups is 1. The van der Waals surface area contributed by atoms with Crippen molar-refractivity contribution in [2.75, 3.05) is 11.9 Å². The average molecular weight is 318 g/mol. The summed E-state index contributed by atoms with van der Waals surface area (Å²) in [6.45, 7) is 0.606. The van der Waals surface area contributed by atoms with Gasteiger partial charge >= 0.3 is 6.03 Å². The largest absolute Gasteiger partial charge is 0.464 e. The molecule has 0 saturated carbocycles. The zero-order valence-corrected chi connectivity index (χ0v) is 12.8. The molecule has 0 spiro atoms. The summed E-state index contributed by atoms with van der Waals surface area (Å²) in [7, 11) is 0. The summed E-state index contributed by atoms with van der Waals surface area (Å²) in [6, 6.07) is 11.6. The molecule has 0 aliphatic heterocycles. The molecule has 2 amide bonds. The molecule has 108 valence electrons. The fraction of sp³-hybridized carbons (Fsp3) is 0.133. The van der Waals surface area contributed by atoms with Gasteiger partial charge in [-0.3, -0.25) is 5.32 Å². The molecule has 0 atom stereocenters. The number of nitrogens with one attached hydrogen (secondary N) is 2. The molecular weight excluding hydrogens is 304 g/mol. The highest BCUT2D eigenvalue weighted by Gasteiger charge is 2.06. The number of carbonyl (C=O) groups excluding carboxylic acids is 1.